The molecule has 1 amide bonds. The van der Waals surface area contributed by atoms with E-state index < -0.39 is 0 Å². The zero-order valence-corrected chi connectivity index (χ0v) is 15.2. The molecular weight excluding hydrogens is 316 g/mol. The van der Waals surface area contributed by atoms with Crippen molar-refractivity contribution >= 4 is 11.7 Å². The van der Waals surface area contributed by atoms with Gasteiger partial charge in [0.1, 0.15) is 5.82 Å². The summed E-state index contributed by atoms with van der Waals surface area (Å²) in [6.07, 6.45) is 8.25. The highest BCUT2D eigenvalue weighted by Gasteiger charge is 2.27. The third kappa shape index (κ3) is 3.81. The molecule has 0 aromatic carbocycles. The van der Waals surface area contributed by atoms with Crippen LogP contribution < -0.4 is 5.32 Å². The van der Waals surface area contributed by atoms with Gasteiger partial charge in [0.25, 0.3) is 5.91 Å². The van der Waals surface area contributed by atoms with E-state index in [0.717, 1.165) is 61.7 Å². The summed E-state index contributed by atoms with van der Waals surface area (Å²) in [4.78, 5) is 23.7. The first kappa shape index (κ1) is 17.4. The van der Waals surface area contributed by atoms with Gasteiger partial charge in [-0.15, -0.1) is 0 Å². The minimum atomic E-state index is 0.0925. The second kappa shape index (κ2) is 7.63. The normalized spacial score (nSPS) is 17.6. The van der Waals surface area contributed by atoms with Crippen LogP contribution in [-0.2, 0) is 13.0 Å². The van der Waals surface area contributed by atoms with E-state index >= 15 is 0 Å². The van der Waals surface area contributed by atoms with Gasteiger partial charge in [-0.1, -0.05) is 0 Å². The lowest BCUT2D eigenvalue weighted by molar-refractivity contribution is 0.0672. The summed E-state index contributed by atoms with van der Waals surface area (Å²) in [7, 11) is 1.86. The van der Waals surface area contributed by atoms with E-state index in [9.17, 15) is 4.79 Å². The van der Waals surface area contributed by atoms with Crippen LogP contribution >= 0.6 is 0 Å². The molecule has 2 aromatic rings. The van der Waals surface area contributed by atoms with Crippen molar-refractivity contribution in [1.29, 1.82) is 0 Å². The number of carbonyl (C=O) groups excluding carboxylic acids is 1. The Morgan fingerprint density at radius 1 is 1.36 bits per heavy atom. The van der Waals surface area contributed by atoms with Crippen molar-refractivity contribution in [3.05, 3.63) is 35.5 Å². The van der Waals surface area contributed by atoms with Crippen molar-refractivity contribution in [2.75, 3.05) is 25.5 Å². The monoisotopic (exact) mass is 342 g/mol. The minimum absolute atomic E-state index is 0.0925. The highest BCUT2D eigenvalue weighted by Crippen LogP contribution is 2.24. The smallest absolute Gasteiger partial charge is 0.257 e. The molecule has 1 saturated heterocycles. The number of rotatable bonds is 5. The van der Waals surface area contributed by atoms with E-state index in [1.807, 2.05) is 36.7 Å². The molecule has 1 aliphatic heterocycles. The Labute approximate surface area is 148 Å². The van der Waals surface area contributed by atoms with E-state index in [0.29, 0.717) is 5.92 Å². The molecule has 1 aliphatic rings. The van der Waals surface area contributed by atoms with Gasteiger partial charge in [-0.3, -0.25) is 14.5 Å². The zero-order valence-electron chi connectivity index (χ0n) is 15.2. The molecule has 0 aliphatic carbocycles. The predicted octanol–water partition coefficient (Wildman–Crippen LogP) is 2.14. The molecule has 0 radical (unpaired) electrons. The molecule has 3 heterocycles. The Hall–Kier alpha value is -2.44. The van der Waals surface area contributed by atoms with E-state index in [4.69, 9.17) is 0 Å². The first-order valence-electron chi connectivity index (χ1n) is 8.93. The van der Waals surface area contributed by atoms with Gasteiger partial charge in [-0.2, -0.15) is 5.10 Å². The van der Waals surface area contributed by atoms with Crippen LogP contribution in [0.4, 0.5) is 5.82 Å². The third-order valence-electron chi connectivity index (χ3n) is 4.80. The molecule has 7 nitrogen and oxygen atoms in total. The summed E-state index contributed by atoms with van der Waals surface area (Å²) < 4.78 is 1.82. The van der Waals surface area contributed by atoms with Crippen molar-refractivity contribution in [3.63, 3.8) is 0 Å². The number of anilines is 1. The van der Waals surface area contributed by atoms with Gasteiger partial charge in [0.2, 0.25) is 0 Å². The van der Waals surface area contributed by atoms with Gasteiger partial charge < -0.3 is 10.2 Å². The van der Waals surface area contributed by atoms with E-state index in [-0.39, 0.29) is 5.91 Å². The number of piperidine rings is 1. The topological polar surface area (TPSA) is 75.9 Å². The van der Waals surface area contributed by atoms with Crippen LogP contribution in [0.15, 0.2) is 18.6 Å². The number of hydrogen-bond donors (Lipinski definition) is 1. The van der Waals surface area contributed by atoms with E-state index in [2.05, 4.69) is 20.4 Å². The third-order valence-corrected chi connectivity index (χ3v) is 4.80. The van der Waals surface area contributed by atoms with Crippen LogP contribution in [0.25, 0.3) is 0 Å². The summed E-state index contributed by atoms with van der Waals surface area (Å²) in [5, 5.41) is 7.49. The Balaban J connectivity index is 1.70. The second-order valence-corrected chi connectivity index (χ2v) is 6.55. The highest BCUT2D eigenvalue weighted by atomic mass is 16.2. The fourth-order valence-electron chi connectivity index (χ4n) is 3.47. The van der Waals surface area contributed by atoms with E-state index in [1.54, 1.807) is 12.4 Å². The van der Waals surface area contributed by atoms with Crippen LogP contribution in [0.1, 0.15) is 41.5 Å². The molecule has 3 rings (SSSR count). The molecule has 25 heavy (non-hydrogen) atoms. The van der Waals surface area contributed by atoms with Crippen molar-refractivity contribution in [2.24, 2.45) is 5.92 Å². The maximum atomic E-state index is 12.9. The van der Waals surface area contributed by atoms with Crippen LogP contribution in [0.3, 0.4) is 0 Å². The number of amides is 1. The lowest BCUT2D eigenvalue weighted by Gasteiger charge is -2.32. The van der Waals surface area contributed by atoms with Crippen molar-refractivity contribution in [2.45, 2.75) is 39.7 Å². The Morgan fingerprint density at radius 2 is 2.16 bits per heavy atom. The number of carbonyl (C=O) groups is 1. The molecule has 1 atom stereocenters. The van der Waals surface area contributed by atoms with E-state index in [1.165, 1.54) is 0 Å². The minimum Gasteiger partial charge on any atom is -0.372 e. The lowest BCUT2D eigenvalue weighted by Crippen LogP contribution is -2.40. The summed E-state index contributed by atoms with van der Waals surface area (Å²) in [5.41, 5.74) is 2.50. The molecule has 1 fully saturated rings. The fraction of sp³-hybridized carbons (Fsp3) is 0.556. The molecule has 1 N–H and O–H groups in total. The maximum absolute atomic E-state index is 12.9. The predicted molar refractivity (Wildman–Crippen MR) is 96.5 cm³/mol. The molecule has 7 heteroatoms. The molecule has 0 saturated carbocycles. The van der Waals surface area contributed by atoms with Crippen molar-refractivity contribution < 1.29 is 4.79 Å². The SMILES string of the molecule is CCn1cc(C(=O)N2CCC[C@H](Cc3nccnc3NC)C2)c(C)n1. The largest absolute Gasteiger partial charge is 0.372 e. The van der Waals surface area contributed by atoms with Gasteiger partial charge >= 0.3 is 0 Å². The van der Waals surface area contributed by atoms with Gasteiger partial charge in [-0.25, -0.2) is 4.98 Å². The Kier molecular flexibility index (Phi) is 5.31. The maximum Gasteiger partial charge on any atom is 0.257 e. The lowest BCUT2D eigenvalue weighted by atomic mass is 9.92. The van der Waals surface area contributed by atoms with Crippen LogP contribution in [0.2, 0.25) is 0 Å². The quantitative estimate of drug-likeness (QED) is 0.901. The fourth-order valence-corrected chi connectivity index (χ4v) is 3.47. The summed E-state index contributed by atoms with van der Waals surface area (Å²) in [6.45, 7) is 6.27. The molecule has 2 aromatic heterocycles. The van der Waals surface area contributed by atoms with Crippen molar-refractivity contribution in [1.82, 2.24) is 24.6 Å². The van der Waals surface area contributed by atoms with Gasteiger partial charge in [-0.05, 0) is 39.0 Å². The number of likely N-dealkylation sites (tertiary alicyclic amines) is 1. The van der Waals surface area contributed by atoms with Crippen molar-refractivity contribution in [3.8, 4) is 0 Å². The standard InChI is InChI=1S/C18H26N6O/c1-4-24-12-15(13(2)22-24)18(25)23-9-5-6-14(11-23)10-16-17(19-3)21-8-7-20-16/h7-8,12,14H,4-6,9-11H2,1-3H3,(H,19,21)/t14-/m1/s1. The first-order chi connectivity index (χ1) is 12.1. The Morgan fingerprint density at radius 3 is 2.88 bits per heavy atom. The highest BCUT2D eigenvalue weighted by molar-refractivity contribution is 5.95. The number of hydrogen-bond acceptors (Lipinski definition) is 5. The average molecular weight is 342 g/mol. The van der Waals surface area contributed by atoms with Crippen LogP contribution in [0.5, 0.6) is 0 Å². The average Bonchev–Trinajstić information content (AvgIpc) is 3.02. The molecule has 0 spiro atoms. The number of nitrogens with one attached hydrogen (secondary N) is 1. The summed E-state index contributed by atoms with van der Waals surface area (Å²) in [6, 6.07) is 0. The number of aromatic nitrogens is 4. The molecule has 0 bridgehead atoms. The second-order valence-electron chi connectivity index (χ2n) is 6.55. The zero-order chi connectivity index (χ0) is 17.8. The summed E-state index contributed by atoms with van der Waals surface area (Å²) >= 11 is 0. The van der Waals surface area contributed by atoms with Gasteiger partial charge in [0.15, 0.2) is 0 Å². The van der Waals surface area contributed by atoms with Gasteiger partial charge in [0, 0.05) is 45.3 Å². The number of nitrogens with zero attached hydrogens (tertiary/aromatic N) is 5. The molecular formula is C18H26N6O. The first-order valence-corrected chi connectivity index (χ1v) is 8.93. The summed E-state index contributed by atoms with van der Waals surface area (Å²) in [5.74, 6) is 1.32. The van der Waals surface area contributed by atoms with Crippen LogP contribution in [-0.4, -0.2) is 50.7 Å². The van der Waals surface area contributed by atoms with Crippen LogP contribution in [0, 0.1) is 12.8 Å². The molecule has 0 unspecified atom stereocenters. The molecule has 134 valence electrons. The Bertz CT molecular complexity index is 741. The van der Waals surface area contributed by atoms with Gasteiger partial charge in [0.05, 0.1) is 17.0 Å². The number of aryl methyl sites for hydroxylation is 2.